The van der Waals surface area contributed by atoms with E-state index in [2.05, 4.69) is 16.9 Å². The summed E-state index contributed by atoms with van der Waals surface area (Å²) in [6.45, 7) is 1.99. The van der Waals surface area contributed by atoms with Crippen LogP contribution in [0.3, 0.4) is 0 Å². The van der Waals surface area contributed by atoms with Gasteiger partial charge in [-0.1, -0.05) is 31.3 Å². The van der Waals surface area contributed by atoms with Crippen LogP contribution in [0.1, 0.15) is 39.0 Å². The van der Waals surface area contributed by atoms with Gasteiger partial charge < -0.3 is 15.3 Å². The smallest absolute Gasteiger partial charge is 0.0823 e. The van der Waals surface area contributed by atoms with Crippen molar-refractivity contribution in [2.45, 2.75) is 57.3 Å². The van der Waals surface area contributed by atoms with Crippen LogP contribution < -0.4 is 0 Å². The maximum atomic E-state index is 9.55. The minimum atomic E-state index is -0.958. The van der Waals surface area contributed by atoms with Gasteiger partial charge in [-0.3, -0.25) is 0 Å². The number of aliphatic hydroxyl groups excluding tert-OH is 3. The van der Waals surface area contributed by atoms with Crippen LogP contribution in [0.15, 0.2) is 5.11 Å². The van der Waals surface area contributed by atoms with Crippen LogP contribution in [0.5, 0.6) is 0 Å². The minimum absolute atomic E-state index is 0.0340. The predicted octanol–water partition coefficient (Wildman–Crippen LogP) is 1.35. The van der Waals surface area contributed by atoms with Gasteiger partial charge in [0.1, 0.15) is 0 Å². The molecule has 0 amide bonds. The second-order valence-corrected chi connectivity index (χ2v) is 3.93. The first kappa shape index (κ1) is 15.2. The number of azide groups is 1. The first-order valence-corrected chi connectivity index (χ1v) is 5.66. The third-order valence-electron chi connectivity index (χ3n) is 2.42. The molecule has 3 atom stereocenters. The largest absolute Gasteiger partial charge is 0.393 e. The number of hydrogen-bond acceptors (Lipinski definition) is 4. The molecule has 0 saturated heterocycles. The zero-order valence-electron chi connectivity index (χ0n) is 9.66. The van der Waals surface area contributed by atoms with E-state index in [-0.39, 0.29) is 13.0 Å². The van der Waals surface area contributed by atoms with Crippen molar-refractivity contribution in [3.05, 3.63) is 10.4 Å². The lowest BCUT2D eigenvalue weighted by Crippen LogP contribution is -2.31. The zero-order chi connectivity index (χ0) is 12.4. The maximum absolute atomic E-state index is 9.55. The third kappa shape index (κ3) is 7.48. The lowest BCUT2D eigenvalue weighted by molar-refractivity contribution is -0.0148. The van der Waals surface area contributed by atoms with E-state index >= 15 is 0 Å². The van der Waals surface area contributed by atoms with Crippen LogP contribution in [0.2, 0.25) is 0 Å². The molecule has 0 aliphatic carbocycles. The fourth-order valence-electron chi connectivity index (χ4n) is 1.44. The van der Waals surface area contributed by atoms with Gasteiger partial charge in [-0.25, -0.2) is 0 Å². The Bertz CT molecular complexity index is 219. The molecule has 3 N–H and O–H groups in total. The molecule has 0 aromatic rings. The highest BCUT2D eigenvalue weighted by molar-refractivity contribution is 4.72. The molecule has 0 saturated carbocycles. The Hall–Kier alpha value is -0.810. The summed E-state index contributed by atoms with van der Waals surface area (Å²) >= 11 is 0. The van der Waals surface area contributed by atoms with Gasteiger partial charge in [-0.15, -0.1) is 0 Å². The van der Waals surface area contributed by atoms with Gasteiger partial charge in [-0.2, -0.15) is 0 Å². The Kier molecular flexibility index (Phi) is 8.94. The van der Waals surface area contributed by atoms with Crippen LogP contribution in [0.25, 0.3) is 10.4 Å². The van der Waals surface area contributed by atoms with Crippen molar-refractivity contribution in [1.29, 1.82) is 0 Å². The van der Waals surface area contributed by atoms with Gasteiger partial charge in [0.15, 0.2) is 0 Å². The summed E-state index contributed by atoms with van der Waals surface area (Å²) in [5, 5.41) is 31.6. The number of aliphatic hydroxyl groups is 3. The predicted molar refractivity (Wildman–Crippen MR) is 60.8 cm³/mol. The Morgan fingerprint density at radius 1 is 1.19 bits per heavy atom. The highest BCUT2D eigenvalue weighted by Crippen LogP contribution is 2.11. The van der Waals surface area contributed by atoms with Gasteiger partial charge in [0.2, 0.25) is 0 Å². The molecule has 0 fully saturated rings. The molecule has 0 aromatic heterocycles. The maximum Gasteiger partial charge on any atom is 0.0823 e. The quantitative estimate of drug-likeness (QED) is 0.241. The molecule has 0 aromatic carbocycles. The van der Waals surface area contributed by atoms with Gasteiger partial charge in [-0.05, 0) is 12.0 Å². The summed E-state index contributed by atoms with van der Waals surface area (Å²) in [7, 11) is 0. The van der Waals surface area contributed by atoms with Crippen LogP contribution in [0.4, 0.5) is 0 Å². The normalized spacial score (nSPS) is 16.2. The Morgan fingerprint density at radius 2 is 1.88 bits per heavy atom. The van der Waals surface area contributed by atoms with Crippen molar-refractivity contribution < 1.29 is 15.3 Å². The molecule has 6 nitrogen and oxygen atoms in total. The van der Waals surface area contributed by atoms with Crippen molar-refractivity contribution in [3.8, 4) is 0 Å². The van der Waals surface area contributed by atoms with E-state index in [9.17, 15) is 15.3 Å². The van der Waals surface area contributed by atoms with Crippen LogP contribution in [-0.2, 0) is 0 Å². The van der Waals surface area contributed by atoms with E-state index in [1.807, 2.05) is 0 Å². The molecule has 0 rings (SSSR count). The second-order valence-electron chi connectivity index (χ2n) is 3.93. The molecule has 0 bridgehead atoms. The molecule has 16 heavy (non-hydrogen) atoms. The summed E-state index contributed by atoms with van der Waals surface area (Å²) in [5.41, 5.74) is 8.04. The zero-order valence-corrected chi connectivity index (χ0v) is 9.66. The van der Waals surface area contributed by atoms with E-state index in [4.69, 9.17) is 5.53 Å². The molecule has 94 valence electrons. The topological polar surface area (TPSA) is 109 Å². The summed E-state index contributed by atoms with van der Waals surface area (Å²) in [4.78, 5) is 2.51. The first-order valence-electron chi connectivity index (χ1n) is 5.66. The Labute approximate surface area is 95.5 Å². The molecule has 6 heteroatoms. The Balaban J connectivity index is 3.75. The fourth-order valence-corrected chi connectivity index (χ4v) is 1.44. The third-order valence-corrected chi connectivity index (χ3v) is 2.42. The van der Waals surface area contributed by atoms with E-state index in [0.29, 0.717) is 6.42 Å². The van der Waals surface area contributed by atoms with E-state index in [0.717, 1.165) is 19.3 Å². The van der Waals surface area contributed by atoms with Gasteiger partial charge >= 0.3 is 0 Å². The first-order chi connectivity index (χ1) is 7.61. The Morgan fingerprint density at radius 3 is 2.44 bits per heavy atom. The molecule has 0 heterocycles. The number of hydrogen-bond donors (Lipinski definition) is 3. The molecule has 0 unspecified atom stereocenters. The summed E-state index contributed by atoms with van der Waals surface area (Å²) in [6, 6.07) is 0. The van der Waals surface area contributed by atoms with Crippen molar-refractivity contribution in [2.24, 2.45) is 5.11 Å². The van der Waals surface area contributed by atoms with Crippen LogP contribution in [0, 0.1) is 0 Å². The molecular weight excluding hydrogens is 210 g/mol. The van der Waals surface area contributed by atoms with Crippen LogP contribution in [-0.4, -0.2) is 40.2 Å². The van der Waals surface area contributed by atoms with Crippen molar-refractivity contribution in [3.63, 3.8) is 0 Å². The standard InChI is InChI=1S/C10H21N3O3/c1-2-3-4-5-9(15)10(16)6-8(14)7-12-13-11/h8-10,14-16H,2-7H2,1H3/t8-,9+,10-/m0/s1. The summed E-state index contributed by atoms with van der Waals surface area (Å²) < 4.78 is 0. The molecule has 0 spiro atoms. The molecular formula is C10H21N3O3. The molecule has 0 aliphatic heterocycles. The SMILES string of the molecule is CCCCC[C@@H](O)[C@@H](O)C[C@H](O)CN=[N+]=[N-]. The minimum Gasteiger partial charge on any atom is -0.393 e. The second kappa shape index (κ2) is 9.42. The monoisotopic (exact) mass is 231 g/mol. The van der Waals surface area contributed by atoms with Crippen LogP contribution >= 0.6 is 0 Å². The number of unbranched alkanes of at least 4 members (excludes halogenated alkanes) is 2. The summed E-state index contributed by atoms with van der Waals surface area (Å²) in [6.07, 6.45) is 0.837. The van der Waals surface area contributed by atoms with Gasteiger partial charge in [0, 0.05) is 11.3 Å². The summed E-state index contributed by atoms with van der Waals surface area (Å²) in [5.74, 6) is 0. The van der Waals surface area contributed by atoms with E-state index in [1.54, 1.807) is 0 Å². The van der Waals surface area contributed by atoms with Gasteiger partial charge in [0.05, 0.1) is 24.9 Å². The highest BCUT2D eigenvalue weighted by Gasteiger charge is 2.19. The molecule has 0 aliphatic rings. The van der Waals surface area contributed by atoms with Crippen molar-refractivity contribution in [2.75, 3.05) is 6.54 Å². The highest BCUT2D eigenvalue weighted by atomic mass is 16.3. The van der Waals surface area contributed by atoms with Gasteiger partial charge in [0.25, 0.3) is 0 Å². The average Bonchev–Trinajstić information content (AvgIpc) is 2.26. The molecule has 0 radical (unpaired) electrons. The van der Waals surface area contributed by atoms with Crippen molar-refractivity contribution >= 4 is 0 Å². The number of rotatable bonds is 9. The lowest BCUT2D eigenvalue weighted by Gasteiger charge is -2.19. The van der Waals surface area contributed by atoms with Crippen molar-refractivity contribution in [1.82, 2.24) is 0 Å². The van der Waals surface area contributed by atoms with E-state index in [1.165, 1.54) is 0 Å². The van der Waals surface area contributed by atoms with E-state index < -0.39 is 18.3 Å². The fraction of sp³-hybridized carbons (Fsp3) is 1.00. The number of nitrogens with zero attached hydrogens (tertiary/aromatic N) is 3. The average molecular weight is 231 g/mol. The lowest BCUT2D eigenvalue weighted by atomic mass is 10.0.